The van der Waals surface area contributed by atoms with Crippen molar-refractivity contribution in [1.29, 1.82) is 0 Å². The summed E-state index contributed by atoms with van der Waals surface area (Å²) in [6.07, 6.45) is 6.46. The van der Waals surface area contributed by atoms with E-state index in [9.17, 15) is 0 Å². The zero-order valence-corrected chi connectivity index (χ0v) is 14.3. The molecule has 0 radical (unpaired) electrons. The van der Waals surface area contributed by atoms with Crippen LogP contribution >= 0.6 is 0 Å². The summed E-state index contributed by atoms with van der Waals surface area (Å²) in [5, 5.41) is 6.87. The maximum atomic E-state index is 4.35. The minimum atomic E-state index is 0.573. The molecule has 0 saturated heterocycles. The second kappa shape index (κ2) is 8.48. The molecule has 1 unspecified atom stereocenters. The lowest BCUT2D eigenvalue weighted by Gasteiger charge is -2.26. The van der Waals surface area contributed by atoms with Crippen LogP contribution in [-0.2, 0) is 12.8 Å². The number of benzene rings is 1. The fourth-order valence-electron chi connectivity index (χ4n) is 3.36. The average Bonchev–Trinajstić information content (AvgIpc) is 2.65. The average molecular weight is 322 g/mol. The zero-order valence-electron chi connectivity index (χ0n) is 14.3. The lowest BCUT2D eigenvalue weighted by atomic mass is 9.83. The maximum absolute atomic E-state index is 4.35. The number of aromatic nitrogens is 1. The standard InChI is InChI=1S/C20H26N4/c1-21-20(23-14-12-18-10-4-5-13-22-18)24-15-17-9-6-8-16-7-2-3-11-19(16)17/h2-5,7,10-11,13,17H,6,8-9,12,14-15H2,1H3,(H2,21,23,24). The molecule has 126 valence electrons. The minimum Gasteiger partial charge on any atom is -0.356 e. The number of nitrogens with one attached hydrogen (secondary N) is 2. The molecule has 1 heterocycles. The Hall–Kier alpha value is -2.36. The summed E-state index contributed by atoms with van der Waals surface area (Å²) in [5.74, 6) is 1.44. The highest BCUT2D eigenvalue weighted by Gasteiger charge is 2.19. The lowest BCUT2D eigenvalue weighted by Crippen LogP contribution is -2.40. The summed E-state index contributed by atoms with van der Waals surface area (Å²) in [6.45, 7) is 1.76. The molecule has 0 aliphatic heterocycles. The first-order valence-corrected chi connectivity index (χ1v) is 8.79. The fraction of sp³-hybridized carbons (Fsp3) is 0.400. The molecule has 1 aliphatic rings. The third kappa shape index (κ3) is 4.34. The largest absolute Gasteiger partial charge is 0.356 e. The minimum absolute atomic E-state index is 0.573. The van der Waals surface area contributed by atoms with Gasteiger partial charge < -0.3 is 10.6 Å². The summed E-state index contributed by atoms with van der Waals surface area (Å²) in [6, 6.07) is 14.9. The van der Waals surface area contributed by atoms with Crippen molar-refractivity contribution in [2.45, 2.75) is 31.6 Å². The van der Waals surface area contributed by atoms with E-state index in [0.717, 1.165) is 31.2 Å². The van der Waals surface area contributed by atoms with Crippen molar-refractivity contribution >= 4 is 5.96 Å². The third-order valence-electron chi connectivity index (χ3n) is 4.63. The quantitative estimate of drug-likeness (QED) is 0.657. The molecule has 0 saturated carbocycles. The van der Waals surface area contributed by atoms with Crippen LogP contribution in [0.15, 0.2) is 53.7 Å². The molecule has 24 heavy (non-hydrogen) atoms. The van der Waals surface area contributed by atoms with Crippen molar-refractivity contribution in [2.75, 3.05) is 20.1 Å². The number of aryl methyl sites for hydroxylation is 1. The summed E-state index contributed by atoms with van der Waals surface area (Å²) in [5.41, 5.74) is 4.11. The van der Waals surface area contributed by atoms with Gasteiger partial charge in [-0.2, -0.15) is 0 Å². The number of rotatable bonds is 5. The van der Waals surface area contributed by atoms with E-state index in [4.69, 9.17) is 0 Å². The first-order valence-electron chi connectivity index (χ1n) is 8.79. The number of aliphatic imine (C=N–C) groups is 1. The Morgan fingerprint density at radius 2 is 2.04 bits per heavy atom. The van der Waals surface area contributed by atoms with Gasteiger partial charge >= 0.3 is 0 Å². The van der Waals surface area contributed by atoms with Gasteiger partial charge in [0.2, 0.25) is 0 Å². The topological polar surface area (TPSA) is 49.3 Å². The van der Waals surface area contributed by atoms with Crippen LogP contribution in [0.5, 0.6) is 0 Å². The number of nitrogens with zero attached hydrogens (tertiary/aromatic N) is 2. The normalized spacial score (nSPS) is 17.2. The van der Waals surface area contributed by atoms with E-state index in [2.05, 4.69) is 50.9 Å². The van der Waals surface area contributed by atoms with Gasteiger partial charge in [0.05, 0.1) is 0 Å². The fourth-order valence-corrected chi connectivity index (χ4v) is 3.36. The van der Waals surface area contributed by atoms with Gasteiger partial charge in [0.25, 0.3) is 0 Å². The van der Waals surface area contributed by atoms with E-state index in [1.807, 2.05) is 25.4 Å². The second-order valence-electron chi connectivity index (χ2n) is 6.24. The van der Waals surface area contributed by atoms with Crippen molar-refractivity contribution in [3.63, 3.8) is 0 Å². The van der Waals surface area contributed by atoms with Gasteiger partial charge in [-0.05, 0) is 42.5 Å². The molecule has 0 amide bonds. The van der Waals surface area contributed by atoms with Gasteiger partial charge in [0.15, 0.2) is 5.96 Å². The summed E-state index contributed by atoms with van der Waals surface area (Å²) >= 11 is 0. The molecule has 4 heteroatoms. The Labute approximate surface area is 144 Å². The number of hydrogen-bond acceptors (Lipinski definition) is 2. The Kier molecular flexibility index (Phi) is 5.83. The molecule has 3 rings (SSSR count). The van der Waals surface area contributed by atoms with Crippen LogP contribution < -0.4 is 10.6 Å². The van der Waals surface area contributed by atoms with Crippen LogP contribution in [0.25, 0.3) is 0 Å². The van der Waals surface area contributed by atoms with Crippen LogP contribution in [-0.4, -0.2) is 31.1 Å². The van der Waals surface area contributed by atoms with Gasteiger partial charge in [-0.15, -0.1) is 0 Å². The molecule has 2 aromatic rings. The Morgan fingerprint density at radius 1 is 1.17 bits per heavy atom. The van der Waals surface area contributed by atoms with Crippen molar-refractivity contribution < 1.29 is 0 Å². The molecule has 2 N–H and O–H groups in total. The maximum Gasteiger partial charge on any atom is 0.191 e. The Morgan fingerprint density at radius 3 is 2.88 bits per heavy atom. The van der Waals surface area contributed by atoms with E-state index >= 15 is 0 Å². The molecule has 1 aromatic carbocycles. The van der Waals surface area contributed by atoms with Crippen molar-refractivity contribution in [3.05, 3.63) is 65.5 Å². The molecular formula is C20H26N4. The van der Waals surface area contributed by atoms with Crippen LogP contribution in [0.2, 0.25) is 0 Å². The van der Waals surface area contributed by atoms with Crippen LogP contribution in [0.3, 0.4) is 0 Å². The van der Waals surface area contributed by atoms with E-state index in [-0.39, 0.29) is 0 Å². The Balaban J connectivity index is 1.48. The number of pyridine rings is 1. The molecule has 0 bridgehead atoms. The number of fused-ring (bicyclic) bond motifs is 1. The molecule has 1 atom stereocenters. The Bertz CT molecular complexity index is 666. The lowest BCUT2D eigenvalue weighted by molar-refractivity contribution is 0.539. The number of hydrogen-bond donors (Lipinski definition) is 2. The van der Waals surface area contributed by atoms with Crippen molar-refractivity contribution in [2.24, 2.45) is 4.99 Å². The predicted octanol–water partition coefficient (Wildman–Crippen LogP) is 2.91. The highest BCUT2D eigenvalue weighted by atomic mass is 15.2. The molecule has 0 fully saturated rings. The predicted molar refractivity (Wildman–Crippen MR) is 99.4 cm³/mol. The van der Waals surface area contributed by atoms with Gasteiger partial charge in [-0.3, -0.25) is 9.98 Å². The highest BCUT2D eigenvalue weighted by molar-refractivity contribution is 5.79. The summed E-state index contributed by atoms with van der Waals surface area (Å²) in [4.78, 5) is 8.68. The van der Waals surface area contributed by atoms with Crippen molar-refractivity contribution in [1.82, 2.24) is 15.6 Å². The molecule has 1 aliphatic carbocycles. The highest BCUT2D eigenvalue weighted by Crippen LogP contribution is 2.30. The first-order chi connectivity index (χ1) is 11.9. The van der Waals surface area contributed by atoms with Crippen LogP contribution in [0.1, 0.15) is 35.6 Å². The smallest absolute Gasteiger partial charge is 0.191 e. The van der Waals surface area contributed by atoms with E-state index in [1.54, 1.807) is 0 Å². The zero-order chi connectivity index (χ0) is 16.6. The summed E-state index contributed by atoms with van der Waals surface area (Å²) < 4.78 is 0. The third-order valence-corrected chi connectivity index (χ3v) is 4.63. The summed E-state index contributed by atoms with van der Waals surface area (Å²) in [7, 11) is 1.82. The first kappa shape index (κ1) is 16.5. The van der Waals surface area contributed by atoms with E-state index < -0.39 is 0 Å². The number of guanidine groups is 1. The molecular weight excluding hydrogens is 296 g/mol. The second-order valence-corrected chi connectivity index (χ2v) is 6.24. The SMILES string of the molecule is CN=C(NCCc1ccccn1)NCC1CCCc2ccccc21. The van der Waals surface area contributed by atoms with Gasteiger partial charge in [-0.1, -0.05) is 30.3 Å². The van der Waals surface area contributed by atoms with E-state index in [0.29, 0.717) is 5.92 Å². The van der Waals surface area contributed by atoms with Gasteiger partial charge in [-0.25, -0.2) is 0 Å². The van der Waals surface area contributed by atoms with Gasteiger partial charge in [0.1, 0.15) is 0 Å². The van der Waals surface area contributed by atoms with Crippen LogP contribution in [0, 0.1) is 0 Å². The molecule has 4 nitrogen and oxygen atoms in total. The van der Waals surface area contributed by atoms with Gasteiger partial charge in [0, 0.05) is 44.4 Å². The van der Waals surface area contributed by atoms with Crippen molar-refractivity contribution in [3.8, 4) is 0 Å². The van der Waals surface area contributed by atoms with E-state index in [1.165, 1.54) is 30.4 Å². The molecule has 0 spiro atoms. The molecule has 1 aromatic heterocycles. The van der Waals surface area contributed by atoms with Crippen LogP contribution in [0.4, 0.5) is 0 Å². The monoisotopic (exact) mass is 322 g/mol.